The van der Waals surface area contributed by atoms with E-state index in [9.17, 15) is 9.90 Å². The van der Waals surface area contributed by atoms with E-state index < -0.39 is 11.6 Å². The van der Waals surface area contributed by atoms with Crippen LogP contribution in [0, 0.1) is 6.92 Å². The van der Waals surface area contributed by atoms with Gasteiger partial charge in [-0.05, 0) is 19.4 Å². The number of aryl methyl sites for hydroxylation is 1. The molecule has 0 aromatic carbocycles. The molecule has 0 saturated heterocycles. The van der Waals surface area contributed by atoms with Crippen molar-refractivity contribution in [3.8, 4) is 0 Å². The first-order valence-electron chi connectivity index (χ1n) is 4.94. The number of esters is 1. The summed E-state index contributed by atoms with van der Waals surface area (Å²) in [6, 6.07) is 1.69. The Labute approximate surface area is 87.9 Å². The second-order valence-corrected chi connectivity index (χ2v) is 3.71. The van der Waals surface area contributed by atoms with Crippen LogP contribution in [0.5, 0.6) is 0 Å². The second kappa shape index (κ2) is 3.31. The SMILES string of the molecule is CC[C@@]1(O)C(=O)OCc2c1ccnc2C. The highest BCUT2D eigenvalue weighted by molar-refractivity contribution is 5.83. The summed E-state index contributed by atoms with van der Waals surface area (Å²) in [4.78, 5) is 15.6. The zero-order valence-corrected chi connectivity index (χ0v) is 8.78. The zero-order valence-electron chi connectivity index (χ0n) is 8.78. The van der Waals surface area contributed by atoms with Crippen LogP contribution in [0.25, 0.3) is 0 Å². The molecule has 80 valence electrons. The van der Waals surface area contributed by atoms with Crippen molar-refractivity contribution in [1.82, 2.24) is 4.98 Å². The molecular formula is C11H13NO3. The molecule has 4 heteroatoms. The van der Waals surface area contributed by atoms with Crippen molar-refractivity contribution < 1.29 is 14.6 Å². The zero-order chi connectivity index (χ0) is 11.1. The molecule has 4 nitrogen and oxygen atoms in total. The number of ether oxygens (including phenoxy) is 1. The number of cyclic esters (lactones) is 1. The Morgan fingerprint density at radius 2 is 2.40 bits per heavy atom. The predicted octanol–water partition coefficient (Wildman–Crippen LogP) is 1.04. The number of nitrogens with zero attached hydrogens (tertiary/aromatic N) is 1. The molecule has 2 rings (SSSR count). The monoisotopic (exact) mass is 207 g/mol. The normalized spacial score (nSPS) is 24.6. The standard InChI is InChI=1S/C11H13NO3/c1-3-11(14)9-4-5-12-7(2)8(9)6-15-10(11)13/h4-5,14H,3,6H2,1-2H3/t11-/m0/s1. The molecule has 1 aromatic rings. The molecule has 0 spiro atoms. The molecule has 0 amide bonds. The van der Waals surface area contributed by atoms with Gasteiger partial charge in [0.05, 0.1) is 0 Å². The Kier molecular flexibility index (Phi) is 2.23. The van der Waals surface area contributed by atoms with Gasteiger partial charge in [0.2, 0.25) is 0 Å². The highest BCUT2D eigenvalue weighted by Gasteiger charge is 2.43. The summed E-state index contributed by atoms with van der Waals surface area (Å²) in [5.41, 5.74) is 0.753. The number of rotatable bonds is 1. The molecule has 0 unspecified atom stereocenters. The minimum Gasteiger partial charge on any atom is -0.458 e. The lowest BCUT2D eigenvalue weighted by Crippen LogP contribution is -2.41. The first kappa shape index (κ1) is 10.1. The summed E-state index contributed by atoms with van der Waals surface area (Å²) in [5.74, 6) is -0.567. The van der Waals surface area contributed by atoms with E-state index in [0.29, 0.717) is 12.0 Å². The number of fused-ring (bicyclic) bond motifs is 1. The maximum atomic E-state index is 11.5. The number of aliphatic hydroxyl groups is 1. The second-order valence-electron chi connectivity index (χ2n) is 3.71. The highest BCUT2D eigenvalue weighted by atomic mass is 16.6. The number of aromatic nitrogens is 1. The minimum atomic E-state index is -1.50. The van der Waals surface area contributed by atoms with E-state index >= 15 is 0 Å². The van der Waals surface area contributed by atoms with Crippen LogP contribution in [0.15, 0.2) is 12.3 Å². The van der Waals surface area contributed by atoms with E-state index in [0.717, 1.165) is 11.3 Å². The van der Waals surface area contributed by atoms with Gasteiger partial charge in [0.25, 0.3) is 0 Å². The maximum Gasteiger partial charge on any atom is 0.343 e. The van der Waals surface area contributed by atoms with Crippen molar-refractivity contribution in [2.75, 3.05) is 0 Å². The van der Waals surface area contributed by atoms with Crippen LogP contribution in [0.2, 0.25) is 0 Å². The molecular weight excluding hydrogens is 194 g/mol. The molecule has 1 aliphatic heterocycles. The summed E-state index contributed by atoms with van der Waals surface area (Å²) < 4.78 is 4.96. The molecule has 0 bridgehead atoms. The van der Waals surface area contributed by atoms with Crippen LogP contribution in [-0.4, -0.2) is 16.1 Å². The summed E-state index contributed by atoms with van der Waals surface area (Å²) in [6.07, 6.45) is 1.91. The van der Waals surface area contributed by atoms with Gasteiger partial charge in [-0.1, -0.05) is 6.92 Å². The van der Waals surface area contributed by atoms with Crippen molar-refractivity contribution in [2.45, 2.75) is 32.5 Å². The number of carbonyl (C=O) groups is 1. The molecule has 0 saturated carbocycles. The lowest BCUT2D eigenvalue weighted by atomic mass is 9.86. The first-order chi connectivity index (χ1) is 7.09. The number of hydrogen-bond acceptors (Lipinski definition) is 4. The Morgan fingerprint density at radius 3 is 3.07 bits per heavy atom. The molecule has 2 heterocycles. The lowest BCUT2D eigenvalue weighted by molar-refractivity contribution is -0.172. The van der Waals surface area contributed by atoms with Gasteiger partial charge < -0.3 is 9.84 Å². The molecule has 1 N–H and O–H groups in total. The van der Waals surface area contributed by atoms with E-state index in [1.807, 2.05) is 6.92 Å². The average Bonchev–Trinajstić information content (AvgIpc) is 2.24. The summed E-state index contributed by atoms with van der Waals surface area (Å²) in [6.45, 7) is 3.80. The fourth-order valence-electron chi connectivity index (χ4n) is 1.87. The van der Waals surface area contributed by atoms with Gasteiger partial charge in [-0.15, -0.1) is 0 Å². The third-order valence-corrected chi connectivity index (χ3v) is 2.91. The predicted molar refractivity (Wildman–Crippen MR) is 53.0 cm³/mol. The van der Waals surface area contributed by atoms with E-state index in [1.165, 1.54) is 0 Å². The van der Waals surface area contributed by atoms with Gasteiger partial charge in [0.15, 0.2) is 5.60 Å². The number of pyridine rings is 1. The van der Waals surface area contributed by atoms with Crippen LogP contribution in [-0.2, 0) is 21.7 Å². The summed E-state index contributed by atoms with van der Waals surface area (Å²) >= 11 is 0. The van der Waals surface area contributed by atoms with Crippen molar-refractivity contribution >= 4 is 5.97 Å². The fraction of sp³-hybridized carbons (Fsp3) is 0.455. The quantitative estimate of drug-likeness (QED) is 0.699. The molecule has 15 heavy (non-hydrogen) atoms. The van der Waals surface area contributed by atoms with Crippen molar-refractivity contribution in [1.29, 1.82) is 0 Å². The first-order valence-corrected chi connectivity index (χ1v) is 4.94. The van der Waals surface area contributed by atoms with Crippen molar-refractivity contribution in [2.24, 2.45) is 0 Å². The summed E-state index contributed by atoms with van der Waals surface area (Å²) in [7, 11) is 0. The van der Waals surface area contributed by atoms with E-state index in [1.54, 1.807) is 19.2 Å². The number of carbonyl (C=O) groups excluding carboxylic acids is 1. The molecule has 0 aliphatic carbocycles. The Bertz CT molecular complexity index is 416. The van der Waals surface area contributed by atoms with Gasteiger partial charge in [-0.3, -0.25) is 4.98 Å². The third-order valence-electron chi connectivity index (χ3n) is 2.91. The van der Waals surface area contributed by atoms with Gasteiger partial charge in [-0.25, -0.2) is 4.79 Å². The maximum absolute atomic E-state index is 11.5. The highest BCUT2D eigenvalue weighted by Crippen LogP contribution is 2.34. The van der Waals surface area contributed by atoms with Gasteiger partial charge >= 0.3 is 5.97 Å². The molecule has 0 fully saturated rings. The topological polar surface area (TPSA) is 59.4 Å². The number of hydrogen-bond donors (Lipinski definition) is 1. The molecule has 1 aromatic heterocycles. The largest absolute Gasteiger partial charge is 0.458 e. The van der Waals surface area contributed by atoms with Gasteiger partial charge in [0.1, 0.15) is 6.61 Å². The molecule has 0 radical (unpaired) electrons. The van der Waals surface area contributed by atoms with Crippen LogP contribution in [0.3, 0.4) is 0 Å². The smallest absolute Gasteiger partial charge is 0.343 e. The van der Waals surface area contributed by atoms with Gasteiger partial charge in [-0.2, -0.15) is 0 Å². The molecule has 1 aliphatic rings. The van der Waals surface area contributed by atoms with Crippen LogP contribution >= 0.6 is 0 Å². The average molecular weight is 207 g/mol. The fourth-order valence-corrected chi connectivity index (χ4v) is 1.87. The van der Waals surface area contributed by atoms with E-state index in [-0.39, 0.29) is 6.61 Å². The lowest BCUT2D eigenvalue weighted by Gasteiger charge is -2.31. The van der Waals surface area contributed by atoms with Crippen molar-refractivity contribution in [3.63, 3.8) is 0 Å². The van der Waals surface area contributed by atoms with Crippen molar-refractivity contribution in [3.05, 3.63) is 29.1 Å². The van der Waals surface area contributed by atoms with Crippen LogP contribution < -0.4 is 0 Å². The Morgan fingerprint density at radius 1 is 1.67 bits per heavy atom. The summed E-state index contributed by atoms with van der Waals surface area (Å²) in [5, 5.41) is 10.2. The van der Waals surface area contributed by atoms with Crippen LogP contribution in [0.4, 0.5) is 0 Å². The Balaban J connectivity index is 2.63. The third kappa shape index (κ3) is 1.33. The Hall–Kier alpha value is -1.42. The van der Waals surface area contributed by atoms with Gasteiger partial charge in [0, 0.05) is 23.0 Å². The van der Waals surface area contributed by atoms with Crippen LogP contribution in [0.1, 0.15) is 30.2 Å². The molecule has 1 atom stereocenters. The van der Waals surface area contributed by atoms with E-state index in [2.05, 4.69) is 4.98 Å². The minimum absolute atomic E-state index is 0.205. The van der Waals surface area contributed by atoms with E-state index in [4.69, 9.17) is 4.74 Å².